The Hall–Kier alpha value is -3.48. The van der Waals surface area contributed by atoms with E-state index < -0.39 is 12.5 Å². The third-order valence-electron chi connectivity index (χ3n) is 4.19. The van der Waals surface area contributed by atoms with Crippen LogP contribution in [-0.4, -0.2) is 23.3 Å². The lowest BCUT2D eigenvalue weighted by Gasteiger charge is -2.09. The molecule has 1 heterocycles. The van der Waals surface area contributed by atoms with Gasteiger partial charge in [0.05, 0.1) is 11.8 Å². The SMILES string of the molecule is Cc1cc(C(=O)N/N=C\c2ccccc2OC(F)F)c(C)n1-c1ccccc1. The van der Waals surface area contributed by atoms with Crippen LogP contribution >= 0.6 is 0 Å². The molecule has 0 saturated heterocycles. The minimum absolute atomic E-state index is 0.0160. The Morgan fingerprint density at radius 3 is 2.50 bits per heavy atom. The van der Waals surface area contributed by atoms with E-state index in [2.05, 4.69) is 15.3 Å². The molecule has 28 heavy (non-hydrogen) atoms. The van der Waals surface area contributed by atoms with Crippen LogP contribution in [-0.2, 0) is 0 Å². The molecule has 0 unspecified atom stereocenters. The van der Waals surface area contributed by atoms with Crippen molar-refractivity contribution >= 4 is 12.1 Å². The van der Waals surface area contributed by atoms with Crippen molar-refractivity contribution in [1.82, 2.24) is 9.99 Å². The van der Waals surface area contributed by atoms with E-state index in [1.807, 2.05) is 48.7 Å². The van der Waals surface area contributed by atoms with Crippen molar-refractivity contribution in [1.29, 1.82) is 0 Å². The van der Waals surface area contributed by atoms with Crippen molar-refractivity contribution in [2.45, 2.75) is 20.5 Å². The number of rotatable bonds is 6. The minimum atomic E-state index is -2.94. The van der Waals surface area contributed by atoms with Crippen LogP contribution in [0.3, 0.4) is 0 Å². The normalized spacial score (nSPS) is 11.2. The molecule has 1 amide bonds. The van der Waals surface area contributed by atoms with Gasteiger partial charge in [-0.05, 0) is 44.2 Å². The fraction of sp³-hybridized carbons (Fsp3) is 0.143. The second-order valence-corrected chi connectivity index (χ2v) is 6.07. The van der Waals surface area contributed by atoms with Gasteiger partial charge < -0.3 is 9.30 Å². The number of hydrogen-bond acceptors (Lipinski definition) is 3. The highest BCUT2D eigenvalue weighted by atomic mass is 19.3. The highest BCUT2D eigenvalue weighted by Gasteiger charge is 2.16. The summed E-state index contributed by atoms with van der Waals surface area (Å²) < 4.78 is 31.3. The number of aryl methyl sites for hydroxylation is 1. The Balaban J connectivity index is 1.77. The number of ether oxygens (including phenoxy) is 1. The van der Waals surface area contributed by atoms with Gasteiger partial charge in [-0.15, -0.1) is 0 Å². The molecule has 3 rings (SSSR count). The molecule has 5 nitrogen and oxygen atoms in total. The number of aromatic nitrogens is 1. The first-order valence-electron chi connectivity index (χ1n) is 8.59. The van der Waals surface area contributed by atoms with E-state index in [4.69, 9.17) is 0 Å². The lowest BCUT2D eigenvalue weighted by atomic mass is 10.2. The number of hydrazone groups is 1. The average Bonchev–Trinajstić information content (AvgIpc) is 2.97. The van der Waals surface area contributed by atoms with Crippen LogP contribution in [0, 0.1) is 13.8 Å². The maximum atomic E-state index is 12.5. The van der Waals surface area contributed by atoms with E-state index in [0.717, 1.165) is 17.1 Å². The zero-order valence-corrected chi connectivity index (χ0v) is 15.4. The third kappa shape index (κ3) is 4.25. The molecule has 3 aromatic rings. The van der Waals surface area contributed by atoms with Crippen molar-refractivity contribution in [2.75, 3.05) is 0 Å². The molecule has 0 saturated carbocycles. The summed E-state index contributed by atoms with van der Waals surface area (Å²) in [5.74, 6) is -0.406. The standard InChI is InChI=1S/C21H19F2N3O2/c1-14-12-18(15(2)26(14)17-9-4-3-5-10-17)20(27)25-24-13-16-8-6-7-11-19(16)28-21(22)23/h3-13,21H,1-2H3,(H,25,27)/b24-13-. The number of halogens is 2. The number of nitrogens with one attached hydrogen (secondary N) is 1. The number of para-hydroxylation sites is 2. The van der Waals surface area contributed by atoms with Crippen LogP contribution in [0.25, 0.3) is 5.69 Å². The van der Waals surface area contributed by atoms with Crippen LogP contribution in [0.2, 0.25) is 0 Å². The van der Waals surface area contributed by atoms with Gasteiger partial charge in [0.1, 0.15) is 5.75 Å². The largest absolute Gasteiger partial charge is 0.434 e. The van der Waals surface area contributed by atoms with Gasteiger partial charge in [-0.25, -0.2) is 5.43 Å². The molecule has 0 aliphatic rings. The quantitative estimate of drug-likeness (QED) is 0.505. The summed E-state index contributed by atoms with van der Waals surface area (Å²) in [7, 11) is 0. The Labute approximate surface area is 161 Å². The van der Waals surface area contributed by atoms with Crippen molar-refractivity contribution in [2.24, 2.45) is 5.10 Å². The summed E-state index contributed by atoms with van der Waals surface area (Å²) >= 11 is 0. The van der Waals surface area contributed by atoms with Crippen molar-refractivity contribution in [3.63, 3.8) is 0 Å². The van der Waals surface area contributed by atoms with Gasteiger partial charge in [0.2, 0.25) is 0 Å². The van der Waals surface area contributed by atoms with Crippen molar-refractivity contribution in [3.05, 3.63) is 83.2 Å². The topological polar surface area (TPSA) is 55.6 Å². The zero-order valence-electron chi connectivity index (χ0n) is 15.4. The molecule has 0 atom stereocenters. The summed E-state index contributed by atoms with van der Waals surface area (Å²) in [5, 5.41) is 3.88. The summed E-state index contributed by atoms with van der Waals surface area (Å²) in [5.41, 5.74) is 5.89. The highest BCUT2D eigenvalue weighted by molar-refractivity contribution is 5.96. The molecule has 0 radical (unpaired) electrons. The second kappa shape index (κ2) is 8.47. The van der Waals surface area contributed by atoms with Crippen molar-refractivity contribution in [3.8, 4) is 11.4 Å². The Morgan fingerprint density at radius 1 is 1.11 bits per heavy atom. The molecular weight excluding hydrogens is 364 g/mol. The number of alkyl halides is 2. The molecule has 1 aromatic heterocycles. The first-order valence-corrected chi connectivity index (χ1v) is 8.59. The van der Waals surface area contributed by atoms with E-state index in [0.29, 0.717) is 11.1 Å². The number of amides is 1. The molecule has 2 aromatic carbocycles. The van der Waals surface area contributed by atoms with E-state index in [-0.39, 0.29) is 5.75 Å². The molecule has 0 aliphatic heterocycles. The van der Waals surface area contributed by atoms with Gasteiger partial charge in [0.25, 0.3) is 5.91 Å². The monoisotopic (exact) mass is 383 g/mol. The molecule has 0 fully saturated rings. The fourth-order valence-electron chi connectivity index (χ4n) is 2.98. The Morgan fingerprint density at radius 2 is 1.79 bits per heavy atom. The molecule has 144 valence electrons. The van der Waals surface area contributed by atoms with Gasteiger partial charge in [-0.3, -0.25) is 4.79 Å². The first-order chi connectivity index (χ1) is 13.5. The Kier molecular flexibility index (Phi) is 5.84. The van der Waals surface area contributed by atoms with Gasteiger partial charge >= 0.3 is 6.61 Å². The van der Waals surface area contributed by atoms with Crippen molar-refractivity contribution < 1.29 is 18.3 Å². The van der Waals surface area contributed by atoms with E-state index in [1.165, 1.54) is 12.3 Å². The van der Waals surface area contributed by atoms with Crippen LogP contribution < -0.4 is 10.2 Å². The number of nitrogens with zero attached hydrogens (tertiary/aromatic N) is 2. The summed E-state index contributed by atoms with van der Waals surface area (Å²) in [6.07, 6.45) is 1.27. The van der Waals surface area contributed by atoms with E-state index >= 15 is 0 Å². The average molecular weight is 383 g/mol. The van der Waals surface area contributed by atoms with Crippen LogP contribution in [0.4, 0.5) is 8.78 Å². The fourth-order valence-corrected chi connectivity index (χ4v) is 2.98. The third-order valence-corrected chi connectivity index (χ3v) is 4.19. The van der Waals surface area contributed by atoms with Crippen LogP contribution in [0.15, 0.2) is 65.8 Å². The number of carbonyl (C=O) groups is 1. The number of hydrogen-bond donors (Lipinski definition) is 1. The maximum absolute atomic E-state index is 12.5. The lowest BCUT2D eigenvalue weighted by Crippen LogP contribution is -2.18. The molecular formula is C21H19F2N3O2. The summed E-state index contributed by atoms with van der Waals surface area (Å²) in [6, 6.07) is 17.7. The smallest absolute Gasteiger partial charge is 0.387 e. The molecule has 0 spiro atoms. The summed E-state index contributed by atoms with van der Waals surface area (Å²) in [6.45, 7) is 0.829. The second-order valence-electron chi connectivity index (χ2n) is 6.07. The van der Waals surface area contributed by atoms with Gasteiger partial charge in [0.15, 0.2) is 0 Å². The van der Waals surface area contributed by atoms with Crippen LogP contribution in [0.5, 0.6) is 5.75 Å². The number of carbonyl (C=O) groups excluding carboxylic acids is 1. The predicted molar refractivity (Wildman–Crippen MR) is 103 cm³/mol. The van der Waals surface area contributed by atoms with Gasteiger partial charge in [-0.2, -0.15) is 13.9 Å². The lowest BCUT2D eigenvalue weighted by molar-refractivity contribution is -0.0499. The van der Waals surface area contributed by atoms with E-state index in [9.17, 15) is 13.6 Å². The highest BCUT2D eigenvalue weighted by Crippen LogP contribution is 2.21. The molecule has 1 N–H and O–H groups in total. The molecule has 7 heteroatoms. The van der Waals surface area contributed by atoms with Gasteiger partial charge in [-0.1, -0.05) is 30.3 Å². The predicted octanol–water partition coefficient (Wildman–Crippen LogP) is 4.46. The van der Waals surface area contributed by atoms with E-state index in [1.54, 1.807) is 24.3 Å². The van der Waals surface area contributed by atoms with Gasteiger partial charge in [0, 0.05) is 22.6 Å². The van der Waals surface area contributed by atoms with Crippen LogP contribution in [0.1, 0.15) is 27.3 Å². The first kappa shape index (κ1) is 19.3. The minimum Gasteiger partial charge on any atom is -0.434 e. The molecule has 0 aliphatic carbocycles. The summed E-state index contributed by atoms with van der Waals surface area (Å²) in [4.78, 5) is 12.5. The number of benzene rings is 2. The zero-order chi connectivity index (χ0) is 20.1. The Bertz CT molecular complexity index is 998. The maximum Gasteiger partial charge on any atom is 0.387 e. The molecule has 0 bridgehead atoms.